The number of carbonyl (C=O) groups is 1. The maximum atomic E-state index is 14.5. The smallest absolute Gasteiger partial charge is 0.157 e. The normalized spacial score (nSPS) is 22.6. The van der Waals surface area contributed by atoms with E-state index < -0.39 is 6.04 Å². The van der Waals surface area contributed by atoms with Gasteiger partial charge in [-0.15, -0.1) is 12.4 Å². The minimum Gasteiger partial charge on any atom is -0.297 e. The summed E-state index contributed by atoms with van der Waals surface area (Å²) in [6.07, 6.45) is 8.51. The second kappa shape index (κ2) is 9.25. The summed E-state index contributed by atoms with van der Waals surface area (Å²) in [5.74, 6) is -0.0597. The summed E-state index contributed by atoms with van der Waals surface area (Å²) in [6.45, 7) is 2.05. The third-order valence-corrected chi connectivity index (χ3v) is 6.01. The Hall–Kier alpha value is -1.63. The molecule has 1 aromatic carbocycles. The van der Waals surface area contributed by atoms with Crippen LogP contribution in [0.5, 0.6) is 0 Å². The minimum atomic E-state index is -0.507. The van der Waals surface area contributed by atoms with Crippen LogP contribution in [0.4, 0.5) is 4.39 Å². The van der Waals surface area contributed by atoms with Crippen molar-refractivity contribution in [2.75, 3.05) is 13.1 Å². The molecule has 0 N–H and O–H groups in total. The summed E-state index contributed by atoms with van der Waals surface area (Å²) in [6, 6.07) is 8.07. The van der Waals surface area contributed by atoms with Crippen molar-refractivity contribution in [2.45, 2.75) is 37.1 Å². The number of Topliss-reactive ketones (excluding diaryl/α,β-unsaturated/α-hetero) is 1. The Kier molecular flexibility index (Phi) is 6.96. The molecule has 4 rings (SSSR count). The quantitative estimate of drug-likeness (QED) is 0.563. The van der Waals surface area contributed by atoms with Gasteiger partial charge in [0.05, 0.1) is 12.6 Å². The van der Waals surface area contributed by atoms with Gasteiger partial charge in [0.2, 0.25) is 0 Å². The molecule has 1 aliphatic carbocycles. The molecule has 2 atom stereocenters. The van der Waals surface area contributed by atoms with Crippen molar-refractivity contribution in [2.24, 2.45) is 5.92 Å². The molecule has 2 aliphatic rings. The number of piperidine rings is 1. The van der Waals surface area contributed by atoms with Crippen molar-refractivity contribution in [1.29, 1.82) is 0 Å². The highest BCUT2D eigenvalue weighted by molar-refractivity contribution is 7.81. The molecule has 1 aromatic heterocycles. The van der Waals surface area contributed by atoms with Crippen LogP contribution in [0.15, 0.2) is 54.4 Å². The highest BCUT2D eigenvalue weighted by Gasteiger charge is 2.40. The Labute approximate surface area is 176 Å². The van der Waals surface area contributed by atoms with E-state index in [1.807, 2.05) is 23.0 Å². The predicted octanol–water partition coefficient (Wildman–Crippen LogP) is 4.09. The molecule has 1 aliphatic heterocycles. The lowest BCUT2D eigenvalue weighted by Crippen LogP contribution is -2.42. The second-order valence-electron chi connectivity index (χ2n) is 7.38. The first-order valence-corrected chi connectivity index (χ1v) is 10.0. The summed E-state index contributed by atoms with van der Waals surface area (Å²) >= 11 is 4.73. The van der Waals surface area contributed by atoms with Gasteiger partial charge in [0.15, 0.2) is 5.78 Å². The Bertz CT molecular complexity index is 838. The van der Waals surface area contributed by atoms with E-state index in [2.05, 4.69) is 16.1 Å². The predicted molar refractivity (Wildman–Crippen MR) is 113 cm³/mol. The molecule has 2 unspecified atom stereocenters. The number of thiol groups is 1. The molecule has 2 aromatic rings. The average molecular weight is 422 g/mol. The molecule has 1 saturated heterocycles. The number of nitrogens with zero attached hydrogens (tertiary/aromatic N) is 3. The first-order valence-electron chi connectivity index (χ1n) is 9.50. The summed E-state index contributed by atoms with van der Waals surface area (Å²) in [4.78, 5) is 15.2. The zero-order chi connectivity index (χ0) is 18.8. The number of ketones is 1. The molecule has 0 spiro atoms. The molecule has 0 amide bonds. The Morgan fingerprint density at radius 2 is 2.07 bits per heavy atom. The first-order chi connectivity index (χ1) is 13.1. The third kappa shape index (κ3) is 4.67. The van der Waals surface area contributed by atoms with Crippen LogP contribution in [0, 0.1) is 11.7 Å². The first kappa shape index (κ1) is 21.1. The lowest BCUT2D eigenvalue weighted by molar-refractivity contribution is -0.126. The van der Waals surface area contributed by atoms with Gasteiger partial charge in [-0.05, 0) is 37.0 Å². The second-order valence-corrected chi connectivity index (χ2v) is 8.01. The monoisotopic (exact) mass is 421 g/mol. The number of aromatic nitrogens is 2. The van der Waals surface area contributed by atoms with Crippen molar-refractivity contribution >= 4 is 30.8 Å². The van der Waals surface area contributed by atoms with E-state index in [1.54, 1.807) is 18.3 Å². The molecule has 0 bridgehead atoms. The summed E-state index contributed by atoms with van der Waals surface area (Å²) < 4.78 is 16.4. The molecule has 2 heterocycles. The van der Waals surface area contributed by atoms with Crippen LogP contribution in [0.1, 0.15) is 30.9 Å². The van der Waals surface area contributed by atoms with Crippen LogP contribution in [-0.4, -0.2) is 38.8 Å². The summed E-state index contributed by atoms with van der Waals surface area (Å²) in [5, 5.41) is 4.39. The van der Waals surface area contributed by atoms with E-state index >= 15 is 0 Å². The molecular formula is C21H25ClFN3OS. The number of rotatable bonds is 6. The van der Waals surface area contributed by atoms with Crippen LogP contribution in [-0.2, 0) is 11.3 Å². The summed E-state index contributed by atoms with van der Waals surface area (Å²) in [7, 11) is 0. The zero-order valence-electron chi connectivity index (χ0n) is 15.6. The van der Waals surface area contributed by atoms with Crippen molar-refractivity contribution < 1.29 is 9.18 Å². The van der Waals surface area contributed by atoms with E-state index in [9.17, 15) is 9.18 Å². The van der Waals surface area contributed by atoms with Crippen LogP contribution in [0.25, 0.3) is 0 Å². The number of halogens is 2. The molecule has 4 nitrogen and oxygen atoms in total. The van der Waals surface area contributed by atoms with Gasteiger partial charge in [-0.3, -0.25) is 14.4 Å². The van der Waals surface area contributed by atoms with Crippen LogP contribution in [0.3, 0.4) is 0 Å². The highest BCUT2D eigenvalue weighted by Crippen LogP contribution is 2.39. The lowest BCUT2D eigenvalue weighted by atomic mass is 9.93. The molecule has 28 heavy (non-hydrogen) atoms. The van der Waals surface area contributed by atoms with Gasteiger partial charge in [-0.25, -0.2) is 4.39 Å². The number of carbonyl (C=O) groups excluding carboxylic acids is 1. The lowest BCUT2D eigenvalue weighted by Gasteiger charge is -2.37. The maximum Gasteiger partial charge on any atom is 0.157 e. The molecule has 0 radical (unpaired) electrons. The molecular weight excluding hydrogens is 397 g/mol. The largest absolute Gasteiger partial charge is 0.297 e. The summed E-state index contributed by atoms with van der Waals surface area (Å²) in [5.41, 5.74) is 1.67. The number of allylic oxidation sites excluding steroid dienone is 1. The number of hydrogen-bond donors (Lipinski definition) is 1. The van der Waals surface area contributed by atoms with Crippen molar-refractivity contribution in [3.05, 3.63) is 65.8 Å². The molecule has 1 saturated carbocycles. The standard InChI is InChI=1S/C21H24FN3OS.ClH/c22-18-5-2-1-4-17(18)20(21(26)15-6-7-15)24-12-9-19(27)16(14-24)8-13-25-11-3-10-23-25;/h1-5,8,10-11,15,19-20,27H,6-7,9,12-14H2;1H/b16-8-;. The fourth-order valence-corrected chi connectivity index (χ4v) is 4.05. The number of likely N-dealkylation sites (tertiary alicyclic amines) is 1. The minimum absolute atomic E-state index is 0. The van der Waals surface area contributed by atoms with E-state index in [0.717, 1.165) is 25.8 Å². The number of benzene rings is 1. The zero-order valence-corrected chi connectivity index (χ0v) is 17.3. The molecule has 2 fully saturated rings. The van der Waals surface area contributed by atoms with Gasteiger partial charge in [0.25, 0.3) is 0 Å². The van der Waals surface area contributed by atoms with Gasteiger partial charge in [-0.1, -0.05) is 24.3 Å². The fraction of sp³-hybridized carbons (Fsp3) is 0.429. The maximum absolute atomic E-state index is 14.5. The number of hydrogen-bond acceptors (Lipinski definition) is 4. The van der Waals surface area contributed by atoms with Crippen LogP contribution < -0.4 is 0 Å². The van der Waals surface area contributed by atoms with E-state index in [-0.39, 0.29) is 35.2 Å². The average Bonchev–Trinajstić information content (AvgIpc) is 3.39. The Balaban J connectivity index is 0.00000225. The third-order valence-electron chi connectivity index (χ3n) is 5.42. The van der Waals surface area contributed by atoms with Crippen molar-refractivity contribution in [3.63, 3.8) is 0 Å². The fourth-order valence-electron chi connectivity index (χ4n) is 3.75. The molecule has 7 heteroatoms. The van der Waals surface area contributed by atoms with E-state index in [1.165, 1.54) is 11.6 Å². The Morgan fingerprint density at radius 3 is 2.75 bits per heavy atom. The van der Waals surface area contributed by atoms with Gasteiger partial charge in [0.1, 0.15) is 5.82 Å². The molecule has 150 valence electrons. The van der Waals surface area contributed by atoms with E-state index in [0.29, 0.717) is 18.7 Å². The van der Waals surface area contributed by atoms with Gasteiger partial charge < -0.3 is 0 Å². The van der Waals surface area contributed by atoms with Gasteiger partial charge >= 0.3 is 0 Å². The topological polar surface area (TPSA) is 38.1 Å². The van der Waals surface area contributed by atoms with Crippen molar-refractivity contribution in [1.82, 2.24) is 14.7 Å². The van der Waals surface area contributed by atoms with Gasteiger partial charge in [0, 0.05) is 42.2 Å². The highest BCUT2D eigenvalue weighted by atomic mass is 35.5. The Morgan fingerprint density at radius 1 is 1.29 bits per heavy atom. The SMILES string of the molecule is Cl.O=C(C1CC1)C(c1ccccc1F)N1CCC(S)/C(=C\Cn2cccn2)C1. The van der Waals surface area contributed by atoms with E-state index in [4.69, 9.17) is 12.6 Å². The van der Waals surface area contributed by atoms with Crippen molar-refractivity contribution in [3.8, 4) is 0 Å². The van der Waals surface area contributed by atoms with Crippen LogP contribution in [0.2, 0.25) is 0 Å². The van der Waals surface area contributed by atoms with Gasteiger partial charge in [-0.2, -0.15) is 17.7 Å². The van der Waals surface area contributed by atoms with Crippen LogP contribution >= 0.6 is 25.0 Å².